The maximum Gasteiger partial charge on any atom is 0.338 e. The van der Waals surface area contributed by atoms with Gasteiger partial charge in [0, 0.05) is 17.8 Å². The van der Waals surface area contributed by atoms with Gasteiger partial charge in [-0.05, 0) is 29.8 Å². The van der Waals surface area contributed by atoms with E-state index in [0.717, 1.165) is 6.07 Å². The fraction of sp³-hybridized carbons (Fsp3) is 0.167. The zero-order valence-electron chi connectivity index (χ0n) is 17.0. The average molecular weight is 432 g/mol. The van der Waals surface area contributed by atoms with Crippen LogP contribution in [-0.4, -0.2) is 40.3 Å². The quantitative estimate of drug-likeness (QED) is 0.452. The third-order valence-electron chi connectivity index (χ3n) is 5.24. The predicted octanol–water partition coefficient (Wildman–Crippen LogP) is 2.05. The number of aromatic nitrogens is 2. The van der Waals surface area contributed by atoms with E-state index in [-0.39, 0.29) is 18.8 Å². The van der Waals surface area contributed by atoms with Crippen molar-refractivity contribution in [1.82, 2.24) is 9.13 Å². The van der Waals surface area contributed by atoms with Gasteiger partial charge in [0.1, 0.15) is 12.7 Å². The smallest absolute Gasteiger partial charge is 0.338 e. The molecule has 1 aliphatic heterocycles. The Bertz CT molecular complexity index is 1280. The Kier molecular flexibility index (Phi) is 5.96. The van der Waals surface area contributed by atoms with Crippen molar-refractivity contribution < 1.29 is 19.1 Å². The van der Waals surface area contributed by atoms with E-state index in [0.29, 0.717) is 15.7 Å². The van der Waals surface area contributed by atoms with Crippen LogP contribution in [0, 0.1) is 0 Å². The number of hydrogen-bond donors (Lipinski definition) is 0. The lowest BCUT2D eigenvalue weighted by Gasteiger charge is -2.16. The molecule has 0 aliphatic carbocycles. The lowest BCUT2D eigenvalue weighted by molar-refractivity contribution is 0.0215. The highest BCUT2D eigenvalue weighted by atomic mass is 16.6. The normalized spacial score (nSPS) is 17.8. The van der Waals surface area contributed by atoms with Gasteiger partial charge in [-0.15, -0.1) is 0 Å². The highest BCUT2D eigenvalue weighted by molar-refractivity contribution is 5.95. The highest BCUT2D eigenvalue weighted by Crippen LogP contribution is 2.28. The van der Waals surface area contributed by atoms with Gasteiger partial charge in [0.25, 0.3) is 11.5 Å². The molecule has 2 aromatic carbocycles. The summed E-state index contributed by atoms with van der Waals surface area (Å²) in [5.74, 6) is -1.21. The molecule has 162 valence electrons. The maximum atomic E-state index is 13.0. The Hall–Kier alpha value is -4.04. The Balaban J connectivity index is 1.53. The number of esters is 1. The first-order valence-corrected chi connectivity index (χ1v) is 9.94. The SMILES string of the molecule is C=C1[C@H](n2ccc(=O)n(C(=O)c3ccccc3)c2=O)CO[C@@H]1COC(=O)c1ccccc1. The van der Waals surface area contributed by atoms with Crippen molar-refractivity contribution >= 4 is 11.9 Å². The van der Waals surface area contributed by atoms with E-state index in [1.165, 1.54) is 22.9 Å². The summed E-state index contributed by atoms with van der Waals surface area (Å²) in [7, 11) is 0. The number of carbonyl (C=O) groups excluding carboxylic acids is 2. The van der Waals surface area contributed by atoms with E-state index in [9.17, 15) is 19.2 Å². The molecule has 0 spiro atoms. The number of hydrogen-bond acceptors (Lipinski definition) is 6. The molecule has 0 unspecified atom stereocenters. The summed E-state index contributed by atoms with van der Waals surface area (Å²) in [4.78, 5) is 50.2. The molecule has 8 nitrogen and oxygen atoms in total. The molecule has 1 fully saturated rings. The van der Waals surface area contributed by atoms with Gasteiger partial charge in [-0.1, -0.05) is 43.0 Å². The number of nitrogens with zero attached hydrogens (tertiary/aromatic N) is 2. The Morgan fingerprint density at radius 2 is 1.59 bits per heavy atom. The van der Waals surface area contributed by atoms with E-state index in [2.05, 4.69) is 6.58 Å². The summed E-state index contributed by atoms with van der Waals surface area (Å²) in [6.45, 7) is 4.01. The molecular formula is C24H20N2O6. The molecule has 1 aromatic heterocycles. The van der Waals surface area contributed by atoms with Crippen molar-refractivity contribution in [3.05, 3.63) is 117 Å². The molecule has 0 bridgehead atoms. The van der Waals surface area contributed by atoms with Crippen LogP contribution in [0.1, 0.15) is 26.8 Å². The molecule has 1 aliphatic rings. The molecule has 3 aromatic rings. The van der Waals surface area contributed by atoms with Crippen LogP contribution in [-0.2, 0) is 9.47 Å². The summed E-state index contributed by atoms with van der Waals surface area (Å²) in [5.41, 5.74) is -0.377. The fourth-order valence-corrected chi connectivity index (χ4v) is 3.49. The third kappa shape index (κ3) is 4.08. The van der Waals surface area contributed by atoms with Gasteiger partial charge >= 0.3 is 11.7 Å². The fourth-order valence-electron chi connectivity index (χ4n) is 3.49. The molecule has 0 saturated carbocycles. The zero-order chi connectivity index (χ0) is 22.7. The van der Waals surface area contributed by atoms with Gasteiger partial charge in [0.2, 0.25) is 0 Å². The number of benzene rings is 2. The topological polar surface area (TPSA) is 96.6 Å². The molecule has 0 radical (unpaired) electrons. The van der Waals surface area contributed by atoms with Crippen LogP contribution in [0.15, 0.2) is 94.7 Å². The highest BCUT2D eigenvalue weighted by Gasteiger charge is 2.33. The van der Waals surface area contributed by atoms with Crippen LogP contribution in [0.5, 0.6) is 0 Å². The molecule has 4 rings (SSSR count). The monoisotopic (exact) mass is 432 g/mol. The summed E-state index contributed by atoms with van der Waals surface area (Å²) in [6.07, 6.45) is 0.696. The minimum atomic E-state index is -0.789. The van der Waals surface area contributed by atoms with Crippen LogP contribution in [0.25, 0.3) is 0 Å². The standard InChI is InChI=1S/C24H20N2O6/c1-16-19(14-31-20(16)15-32-23(29)18-10-6-3-7-11-18)25-13-12-21(27)26(24(25)30)22(28)17-8-4-2-5-9-17/h2-13,19-20H,1,14-15H2/t19-,20-/m1/s1. The van der Waals surface area contributed by atoms with Crippen LogP contribution < -0.4 is 11.2 Å². The molecule has 2 atom stereocenters. The second-order valence-corrected chi connectivity index (χ2v) is 7.23. The number of ether oxygens (including phenoxy) is 2. The van der Waals surface area contributed by atoms with Crippen molar-refractivity contribution in [3.8, 4) is 0 Å². The molecule has 8 heteroatoms. The Labute approximate surface area is 183 Å². The molecule has 0 N–H and O–H groups in total. The minimum Gasteiger partial charge on any atom is -0.459 e. The van der Waals surface area contributed by atoms with Gasteiger partial charge in [0.05, 0.1) is 18.2 Å². The Morgan fingerprint density at radius 3 is 2.25 bits per heavy atom. The van der Waals surface area contributed by atoms with Crippen molar-refractivity contribution in [1.29, 1.82) is 0 Å². The van der Waals surface area contributed by atoms with Gasteiger partial charge < -0.3 is 9.47 Å². The van der Waals surface area contributed by atoms with Crippen LogP contribution in [0.4, 0.5) is 0 Å². The van der Waals surface area contributed by atoms with Crippen LogP contribution >= 0.6 is 0 Å². The maximum absolute atomic E-state index is 13.0. The van der Waals surface area contributed by atoms with Crippen molar-refractivity contribution in [2.45, 2.75) is 12.1 Å². The van der Waals surface area contributed by atoms with Gasteiger partial charge in [-0.2, -0.15) is 4.57 Å². The van der Waals surface area contributed by atoms with E-state index >= 15 is 0 Å². The predicted molar refractivity (Wildman–Crippen MR) is 116 cm³/mol. The third-order valence-corrected chi connectivity index (χ3v) is 5.24. The zero-order valence-corrected chi connectivity index (χ0v) is 17.0. The van der Waals surface area contributed by atoms with E-state index < -0.39 is 35.3 Å². The molecule has 0 amide bonds. The first-order chi connectivity index (χ1) is 15.5. The summed E-state index contributed by atoms with van der Waals surface area (Å²) in [6, 6.07) is 17.2. The summed E-state index contributed by atoms with van der Waals surface area (Å²) >= 11 is 0. The first-order valence-electron chi connectivity index (χ1n) is 9.94. The molecular weight excluding hydrogens is 412 g/mol. The van der Waals surface area contributed by atoms with Crippen LogP contribution in [0.2, 0.25) is 0 Å². The number of rotatable bonds is 5. The lowest BCUT2D eigenvalue weighted by atomic mass is 10.1. The molecule has 1 saturated heterocycles. The molecule has 2 heterocycles. The second-order valence-electron chi connectivity index (χ2n) is 7.23. The van der Waals surface area contributed by atoms with Crippen molar-refractivity contribution in [2.75, 3.05) is 13.2 Å². The minimum absolute atomic E-state index is 0.0691. The summed E-state index contributed by atoms with van der Waals surface area (Å²) < 4.78 is 12.8. The van der Waals surface area contributed by atoms with E-state index in [4.69, 9.17) is 9.47 Å². The average Bonchev–Trinajstić information content (AvgIpc) is 3.18. The number of carbonyl (C=O) groups is 2. The van der Waals surface area contributed by atoms with Gasteiger partial charge in [-0.25, -0.2) is 9.59 Å². The Morgan fingerprint density at radius 1 is 0.969 bits per heavy atom. The lowest BCUT2D eigenvalue weighted by Crippen LogP contribution is -2.44. The van der Waals surface area contributed by atoms with Gasteiger partial charge in [0.15, 0.2) is 0 Å². The molecule has 32 heavy (non-hydrogen) atoms. The largest absolute Gasteiger partial charge is 0.459 e. The summed E-state index contributed by atoms with van der Waals surface area (Å²) in [5, 5.41) is 0. The van der Waals surface area contributed by atoms with Crippen molar-refractivity contribution in [2.24, 2.45) is 0 Å². The second kappa shape index (κ2) is 8.99. The van der Waals surface area contributed by atoms with Crippen molar-refractivity contribution in [3.63, 3.8) is 0 Å². The first kappa shape index (κ1) is 21.2. The van der Waals surface area contributed by atoms with Gasteiger partial charge in [-0.3, -0.25) is 14.2 Å². The van der Waals surface area contributed by atoms with E-state index in [1.807, 2.05) is 0 Å². The van der Waals surface area contributed by atoms with Crippen LogP contribution in [0.3, 0.4) is 0 Å². The van der Waals surface area contributed by atoms with E-state index in [1.54, 1.807) is 48.5 Å².